The third-order valence-corrected chi connectivity index (χ3v) is 2.30. The van der Waals surface area contributed by atoms with Crippen LogP contribution in [0.5, 0.6) is 17.2 Å². The van der Waals surface area contributed by atoms with Gasteiger partial charge in [-0.15, -0.1) is 13.2 Å². The number of alkyl halides is 3. The van der Waals surface area contributed by atoms with Gasteiger partial charge in [0.05, 0.1) is 0 Å². The van der Waals surface area contributed by atoms with E-state index in [4.69, 9.17) is 4.74 Å². The first kappa shape index (κ1) is 13.3. The highest BCUT2D eigenvalue weighted by atomic mass is 19.4. The molecule has 0 spiro atoms. The smallest absolute Gasteiger partial charge is 0.453 e. The number of para-hydroxylation sites is 1. The molecule has 2 rings (SSSR count). The molecule has 0 atom stereocenters. The molecule has 0 amide bonds. The standard InChI is InChI=1S/C14H11F3O2/c1-10-7-8-12(13(9-10)19-14(15,16)17)18-11-5-3-2-4-6-11/h2-9H,1H3. The van der Waals surface area contributed by atoms with Crippen molar-refractivity contribution in [3.8, 4) is 17.2 Å². The Morgan fingerprint density at radius 3 is 2.21 bits per heavy atom. The molecule has 0 radical (unpaired) electrons. The number of rotatable bonds is 3. The van der Waals surface area contributed by atoms with E-state index in [1.54, 1.807) is 43.3 Å². The Balaban J connectivity index is 2.29. The first-order valence-corrected chi connectivity index (χ1v) is 5.53. The molecule has 0 aromatic heterocycles. The highest BCUT2D eigenvalue weighted by Crippen LogP contribution is 2.35. The van der Waals surface area contributed by atoms with E-state index in [0.717, 1.165) is 0 Å². The fraction of sp³-hybridized carbons (Fsp3) is 0.143. The van der Waals surface area contributed by atoms with Crippen LogP contribution in [0.25, 0.3) is 0 Å². The normalized spacial score (nSPS) is 11.2. The first-order chi connectivity index (χ1) is 8.94. The summed E-state index contributed by atoms with van der Waals surface area (Å²) in [4.78, 5) is 0. The SMILES string of the molecule is Cc1ccc(Oc2ccccc2)c(OC(F)(F)F)c1. The molecule has 0 unspecified atom stereocenters. The summed E-state index contributed by atoms with van der Waals surface area (Å²) in [5.74, 6) is 0.115. The second kappa shape index (κ2) is 5.22. The fourth-order valence-corrected chi connectivity index (χ4v) is 1.52. The zero-order chi connectivity index (χ0) is 13.9. The molecule has 2 aromatic rings. The summed E-state index contributed by atoms with van der Waals surface area (Å²) in [6, 6.07) is 12.9. The fourth-order valence-electron chi connectivity index (χ4n) is 1.52. The van der Waals surface area contributed by atoms with Gasteiger partial charge in [-0.3, -0.25) is 0 Å². The molecule has 19 heavy (non-hydrogen) atoms. The molecule has 2 nitrogen and oxygen atoms in total. The van der Waals surface area contributed by atoms with Crippen molar-refractivity contribution in [1.29, 1.82) is 0 Å². The highest BCUT2D eigenvalue weighted by Gasteiger charge is 2.32. The maximum Gasteiger partial charge on any atom is 0.573 e. The Morgan fingerprint density at radius 1 is 0.895 bits per heavy atom. The molecular formula is C14H11F3O2. The minimum absolute atomic E-state index is 0.0223. The van der Waals surface area contributed by atoms with Crippen molar-refractivity contribution in [2.24, 2.45) is 0 Å². The van der Waals surface area contributed by atoms with E-state index in [-0.39, 0.29) is 11.5 Å². The predicted octanol–water partition coefficient (Wildman–Crippen LogP) is 4.69. The van der Waals surface area contributed by atoms with Gasteiger partial charge in [0.2, 0.25) is 0 Å². The zero-order valence-corrected chi connectivity index (χ0v) is 10.1. The molecule has 2 aromatic carbocycles. The van der Waals surface area contributed by atoms with Gasteiger partial charge >= 0.3 is 6.36 Å². The summed E-state index contributed by atoms with van der Waals surface area (Å²) in [5.41, 5.74) is 0.652. The molecule has 5 heteroatoms. The Bertz CT molecular complexity index is 550. The van der Waals surface area contributed by atoms with Crippen LogP contribution < -0.4 is 9.47 Å². The van der Waals surface area contributed by atoms with E-state index in [1.165, 1.54) is 12.1 Å². The lowest BCUT2D eigenvalue weighted by Crippen LogP contribution is -2.17. The van der Waals surface area contributed by atoms with Crippen molar-refractivity contribution >= 4 is 0 Å². The van der Waals surface area contributed by atoms with Crippen LogP contribution in [0.1, 0.15) is 5.56 Å². The van der Waals surface area contributed by atoms with Gasteiger partial charge in [-0.1, -0.05) is 24.3 Å². The molecule has 0 fully saturated rings. The molecule has 0 bridgehead atoms. The van der Waals surface area contributed by atoms with E-state index >= 15 is 0 Å². The van der Waals surface area contributed by atoms with Crippen LogP contribution in [0.15, 0.2) is 48.5 Å². The molecule has 0 saturated carbocycles. The molecule has 100 valence electrons. The molecule has 0 N–H and O–H groups in total. The third-order valence-electron chi connectivity index (χ3n) is 2.30. The quantitative estimate of drug-likeness (QED) is 0.804. The van der Waals surface area contributed by atoms with Gasteiger partial charge in [0.15, 0.2) is 11.5 Å². The second-order valence-corrected chi connectivity index (χ2v) is 3.91. The van der Waals surface area contributed by atoms with Gasteiger partial charge in [-0.25, -0.2) is 0 Å². The van der Waals surface area contributed by atoms with Gasteiger partial charge in [-0.05, 0) is 36.8 Å². The van der Waals surface area contributed by atoms with Crippen LogP contribution in [0, 0.1) is 6.92 Å². The largest absolute Gasteiger partial charge is 0.573 e. The van der Waals surface area contributed by atoms with Crippen molar-refractivity contribution in [2.45, 2.75) is 13.3 Å². The van der Waals surface area contributed by atoms with Crippen molar-refractivity contribution < 1.29 is 22.6 Å². The number of benzene rings is 2. The van der Waals surface area contributed by atoms with Crippen molar-refractivity contribution in [3.05, 3.63) is 54.1 Å². The van der Waals surface area contributed by atoms with Gasteiger partial charge < -0.3 is 9.47 Å². The second-order valence-electron chi connectivity index (χ2n) is 3.91. The summed E-state index contributed by atoms with van der Waals surface area (Å²) in [7, 11) is 0. The van der Waals surface area contributed by atoms with Gasteiger partial charge in [-0.2, -0.15) is 0 Å². The zero-order valence-electron chi connectivity index (χ0n) is 10.1. The minimum atomic E-state index is -4.75. The lowest BCUT2D eigenvalue weighted by atomic mass is 10.2. The van der Waals surface area contributed by atoms with Gasteiger partial charge in [0, 0.05) is 0 Å². The van der Waals surface area contributed by atoms with Crippen molar-refractivity contribution in [3.63, 3.8) is 0 Å². The highest BCUT2D eigenvalue weighted by molar-refractivity contribution is 5.45. The lowest BCUT2D eigenvalue weighted by molar-refractivity contribution is -0.275. The maximum atomic E-state index is 12.3. The molecule has 0 aliphatic carbocycles. The molecule has 0 aliphatic rings. The number of hydrogen-bond donors (Lipinski definition) is 0. The van der Waals surface area contributed by atoms with Crippen LogP contribution in [0.2, 0.25) is 0 Å². The Hall–Kier alpha value is -2.17. The lowest BCUT2D eigenvalue weighted by Gasteiger charge is -2.14. The minimum Gasteiger partial charge on any atom is -0.453 e. The molecule has 0 heterocycles. The van der Waals surface area contributed by atoms with Crippen LogP contribution in [0.3, 0.4) is 0 Å². The van der Waals surface area contributed by atoms with Crippen LogP contribution in [-0.4, -0.2) is 6.36 Å². The topological polar surface area (TPSA) is 18.5 Å². The van der Waals surface area contributed by atoms with Gasteiger partial charge in [0.25, 0.3) is 0 Å². The Kier molecular flexibility index (Phi) is 3.64. The van der Waals surface area contributed by atoms with E-state index < -0.39 is 6.36 Å². The van der Waals surface area contributed by atoms with Crippen molar-refractivity contribution in [2.75, 3.05) is 0 Å². The molecule has 0 saturated heterocycles. The van der Waals surface area contributed by atoms with Crippen molar-refractivity contribution in [1.82, 2.24) is 0 Å². The summed E-state index contributed by atoms with van der Waals surface area (Å²) in [6.45, 7) is 1.68. The summed E-state index contributed by atoms with van der Waals surface area (Å²) in [5, 5.41) is 0. The third kappa shape index (κ3) is 3.91. The van der Waals surface area contributed by atoms with E-state index in [9.17, 15) is 13.2 Å². The van der Waals surface area contributed by atoms with Crippen LogP contribution in [-0.2, 0) is 0 Å². The van der Waals surface area contributed by atoms with Gasteiger partial charge in [0.1, 0.15) is 5.75 Å². The van der Waals surface area contributed by atoms with E-state index in [2.05, 4.69) is 4.74 Å². The summed E-state index contributed by atoms with van der Waals surface area (Å²) in [6.07, 6.45) is -4.75. The van der Waals surface area contributed by atoms with Crippen LogP contribution >= 0.6 is 0 Å². The molecular weight excluding hydrogens is 257 g/mol. The average molecular weight is 268 g/mol. The summed E-state index contributed by atoms with van der Waals surface area (Å²) < 4.78 is 46.3. The van der Waals surface area contributed by atoms with E-state index in [1.807, 2.05) is 0 Å². The Labute approximate surface area is 108 Å². The Morgan fingerprint density at radius 2 is 1.58 bits per heavy atom. The summed E-state index contributed by atoms with van der Waals surface area (Å²) >= 11 is 0. The van der Waals surface area contributed by atoms with E-state index in [0.29, 0.717) is 11.3 Å². The first-order valence-electron chi connectivity index (χ1n) is 5.53. The maximum absolute atomic E-state index is 12.3. The number of ether oxygens (including phenoxy) is 2. The number of aryl methyl sites for hydroxylation is 1. The molecule has 0 aliphatic heterocycles. The number of halogens is 3. The monoisotopic (exact) mass is 268 g/mol. The number of hydrogen-bond acceptors (Lipinski definition) is 2. The average Bonchev–Trinajstić information content (AvgIpc) is 2.32. The predicted molar refractivity (Wildman–Crippen MR) is 64.4 cm³/mol. The van der Waals surface area contributed by atoms with Crippen LogP contribution in [0.4, 0.5) is 13.2 Å².